The number of hydrogen-bond acceptors (Lipinski definition) is 3. The van der Waals surface area contributed by atoms with E-state index in [0.717, 1.165) is 42.5 Å². The van der Waals surface area contributed by atoms with Crippen molar-refractivity contribution in [2.24, 2.45) is 0 Å². The van der Waals surface area contributed by atoms with Gasteiger partial charge in [-0.15, -0.1) is 0 Å². The Morgan fingerprint density at radius 1 is 1.33 bits per heavy atom. The maximum atomic E-state index is 9.93. The lowest BCUT2D eigenvalue weighted by atomic mass is 9.93. The molecule has 0 aliphatic carbocycles. The SMILES string of the molecule is CCN1CCc2nc3ccc(C(C)C)cc3c(CO)c2C1. The van der Waals surface area contributed by atoms with Crippen LogP contribution >= 0.6 is 0 Å². The summed E-state index contributed by atoms with van der Waals surface area (Å²) in [6.07, 6.45) is 0.984. The Balaban J connectivity index is 2.20. The maximum Gasteiger partial charge on any atom is 0.0709 e. The molecular formula is C18H24N2O. The Labute approximate surface area is 126 Å². The van der Waals surface area contributed by atoms with Gasteiger partial charge in [0.2, 0.25) is 0 Å². The van der Waals surface area contributed by atoms with Gasteiger partial charge in [-0.2, -0.15) is 0 Å². The van der Waals surface area contributed by atoms with Gasteiger partial charge in [-0.25, -0.2) is 0 Å². The molecule has 0 spiro atoms. The van der Waals surface area contributed by atoms with E-state index in [1.54, 1.807) is 0 Å². The van der Waals surface area contributed by atoms with E-state index in [2.05, 4.69) is 43.9 Å². The molecule has 3 heteroatoms. The molecule has 0 bridgehead atoms. The van der Waals surface area contributed by atoms with Crippen LogP contribution in [0.15, 0.2) is 18.2 Å². The topological polar surface area (TPSA) is 36.4 Å². The maximum absolute atomic E-state index is 9.93. The Morgan fingerprint density at radius 2 is 2.14 bits per heavy atom. The first-order valence-corrected chi connectivity index (χ1v) is 7.91. The van der Waals surface area contributed by atoms with E-state index in [4.69, 9.17) is 4.98 Å². The molecule has 0 radical (unpaired) electrons. The highest BCUT2D eigenvalue weighted by molar-refractivity contribution is 5.84. The van der Waals surface area contributed by atoms with Crippen molar-refractivity contribution in [1.29, 1.82) is 0 Å². The van der Waals surface area contributed by atoms with Gasteiger partial charge in [0.1, 0.15) is 0 Å². The van der Waals surface area contributed by atoms with Gasteiger partial charge in [0.25, 0.3) is 0 Å². The molecule has 2 heterocycles. The van der Waals surface area contributed by atoms with Crippen molar-refractivity contribution in [2.45, 2.75) is 46.3 Å². The van der Waals surface area contributed by atoms with Crippen LogP contribution in [-0.4, -0.2) is 28.1 Å². The molecular weight excluding hydrogens is 260 g/mol. The minimum Gasteiger partial charge on any atom is -0.392 e. The molecule has 1 aromatic carbocycles. The molecule has 0 saturated carbocycles. The van der Waals surface area contributed by atoms with Crippen LogP contribution in [0.3, 0.4) is 0 Å². The third-order valence-electron chi connectivity index (χ3n) is 4.63. The Kier molecular flexibility index (Phi) is 3.96. The van der Waals surface area contributed by atoms with Crippen LogP contribution in [0, 0.1) is 0 Å². The van der Waals surface area contributed by atoms with Gasteiger partial charge in [0.05, 0.1) is 12.1 Å². The fourth-order valence-electron chi connectivity index (χ4n) is 3.21. The largest absolute Gasteiger partial charge is 0.392 e. The van der Waals surface area contributed by atoms with E-state index in [0.29, 0.717) is 5.92 Å². The smallest absolute Gasteiger partial charge is 0.0709 e. The standard InChI is InChI=1S/C18H24N2O/c1-4-20-8-7-18-15(10-20)16(11-21)14-9-13(12(2)3)5-6-17(14)19-18/h5-6,9,12,21H,4,7-8,10-11H2,1-3H3. The van der Waals surface area contributed by atoms with E-state index >= 15 is 0 Å². The number of nitrogens with zero attached hydrogens (tertiary/aromatic N) is 2. The fourth-order valence-corrected chi connectivity index (χ4v) is 3.21. The molecule has 0 saturated heterocycles. The summed E-state index contributed by atoms with van der Waals surface area (Å²) in [7, 11) is 0. The van der Waals surface area contributed by atoms with Crippen LogP contribution in [0.25, 0.3) is 10.9 Å². The van der Waals surface area contributed by atoms with E-state index in [1.807, 2.05) is 0 Å². The predicted molar refractivity (Wildman–Crippen MR) is 86.4 cm³/mol. The van der Waals surface area contributed by atoms with Crippen molar-refractivity contribution in [1.82, 2.24) is 9.88 Å². The van der Waals surface area contributed by atoms with Crippen molar-refractivity contribution < 1.29 is 5.11 Å². The van der Waals surface area contributed by atoms with Crippen molar-refractivity contribution in [3.05, 3.63) is 40.6 Å². The number of likely N-dealkylation sites (N-methyl/N-ethyl adjacent to an activating group) is 1. The number of hydrogen-bond donors (Lipinski definition) is 1. The molecule has 112 valence electrons. The molecule has 21 heavy (non-hydrogen) atoms. The number of fused-ring (bicyclic) bond motifs is 2. The fraction of sp³-hybridized carbons (Fsp3) is 0.500. The molecule has 0 unspecified atom stereocenters. The second-order valence-corrected chi connectivity index (χ2v) is 6.22. The molecule has 1 aliphatic heterocycles. The first-order valence-electron chi connectivity index (χ1n) is 7.91. The van der Waals surface area contributed by atoms with Gasteiger partial charge in [0.15, 0.2) is 0 Å². The molecule has 1 aliphatic rings. The zero-order chi connectivity index (χ0) is 15.0. The second-order valence-electron chi connectivity index (χ2n) is 6.22. The molecule has 2 aromatic rings. The second kappa shape index (κ2) is 5.74. The summed E-state index contributed by atoms with van der Waals surface area (Å²) in [5.41, 5.74) is 5.83. The molecule has 3 nitrogen and oxygen atoms in total. The van der Waals surface area contributed by atoms with Crippen LogP contribution in [0.4, 0.5) is 0 Å². The average molecular weight is 284 g/mol. The molecule has 0 amide bonds. The molecule has 3 rings (SSSR count). The lowest BCUT2D eigenvalue weighted by Gasteiger charge is -2.29. The summed E-state index contributed by atoms with van der Waals surface area (Å²) in [4.78, 5) is 7.27. The molecule has 0 fully saturated rings. The van der Waals surface area contributed by atoms with Gasteiger partial charge in [0, 0.05) is 30.6 Å². The van der Waals surface area contributed by atoms with Crippen LogP contribution in [0.5, 0.6) is 0 Å². The molecule has 0 atom stereocenters. The summed E-state index contributed by atoms with van der Waals surface area (Å²) >= 11 is 0. The minimum atomic E-state index is 0.0977. The molecule has 1 N–H and O–H groups in total. The van der Waals surface area contributed by atoms with Crippen LogP contribution in [0.1, 0.15) is 49.1 Å². The number of aliphatic hydroxyl groups is 1. The van der Waals surface area contributed by atoms with Gasteiger partial charge >= 0.3 is 0 Å². The van der Waals surface area contributed by atoms with Gasteiger partial charge in [-0.1, -0.05) is 26.8 Å². The zero-order valence-corrected chi connectivity index (χ0v) is 13.2. The number of aromatic nitrogens is 1. The highest BCUT2D eigenvalue weighted by Crippen LogP contribution is 2.30. The van der Waals surface area contributed by atoms with Crippen LogP contribution < -0.4 is 0 Å². The minimum absolute atomic E-state index is 0.0977. The van der Waals surface area contributed by atoms with E-state index in [1.165, 1.54) is 16.8 Å². The zero-order valence-electron chi connectivity index (χ0n) is 13.2. The van der Waals surface area contributed by atoms with Gasteiger partial charge in [-0.05, 0) is 41.3 Å². The van der Waals surface area contributed by atoms with Crippen molar-refractivity contribution in [2.75, 3.05) is 13.1 Å². The van der Waals surface area contributed by atoms with Crippen molar-refractivity contribution in [3.63, 3.8) is 0 Å². The van der Waals surface area contributed by atoms with Crippen molar-refractivity contribution in [3.8, 4) is 0 Å². The number of pyridine rings is 1. The third-order valence-corrected chi connectivity index (χ3v) is 4.63. The number of benzene rings is 1. The van der Waals surface area contributed by atoms with Gasteiger partial charge < -0.3 is 5.11 Å². The Morgan fingerprint density at radius 3 is 2.81 bits per heavy atom. The Hall–Kier alpha value is -1.45. The Bertz CT molecular complexity index is 664. The van der Waals surface area contributed by atoms with E-state index in [-0.39, 0.29) is 6.61 Å². The first-order chi connectivity index (χ1) is 10.1. The summed E-state index contributed by atoms with van der Waals surface area (Å²) in [6, 6.07) is 6.48. The predicted octanol–water partition coefficient (Wildman–Crippen LogP) is 3.23. The van der Waals surface area contributed by atoms with E-state index in [9.17, 15) is 5.11 Å². The highest BCUT2D eigenvalue weighted by Gasteiger charge is 2.21. The summed E-state index contributed by atoms with van der Waals surface area (Å²) in [6.45, 7) is 9.71. The third kappa shape index (κ3) is 2.56. The summed E-state index contributed by atoms with van der Waals surface area (Å²) in [5.74, 6) is 0.490. The van der Waals surface area contributed by atoms with Crippen LogP contribution in [0.2, 0.25) is 0 Å². The lowest BCUT2D eigenvalue weighted by Crippen LogP contribution is -2.31. The van der Waals surface area contributed by atoms with E-state index < -0.39 is 0 Å². The highest BCUT2D eigenvalue weighted by atomic mass is 16.3. The lowest BCUT2D eigenvalue weighted by molar-refractivity contribution is 0.252. The monoisotopic (exact) mass is 284 g/mol. The quantitative estimate of drug-likeness (QED) is 0.940. The van der Waals surface area contributed by atoms with Crippen LogP contribution in [-0.2, 0) is 19.6 Å². The number of aliphatic hydroxyl groups excluding tert-OH is 1. The first kappa shape index (κ1) is 14.5. The van der Waals surface area contributed by atoms with Crippen molar-refractivity contribution >= 4 is 10.9 Å². The normalized spacial score (nSPS) is 15.7. The molecule has 1 aromatic heterocycles. The average Bonchev–Trinajstić information content (AvgIpc) is 2.51. The summed E-state index contributed by atoms with van der Waals surface area (Å²) in [5, 5.41) is 11.1. The number of rotatable bonds is 3. The van der Waals surface area contributed by atoms with Gasteiger partial charge in [-0.3, -0.25) is 9.88 Å². The summed E-state index contributed by atoms with van der Waals surface area (Å²) < 4.78 is 0.